The second-order valence-electron chi connectivity index (χ2n) is 5.93. The molecule has 2 N–H and O–H groups in total. The van der Waals surface area contributed by atoms with Crippen LogP contribution < -0.4 is 10.2 Å². The van der Waals surface area contributed by atoms with Gasteiger partial charge in [-0.2, -0.15) is 0 Å². The highest BCUT2D eigenvalue weighted by molar-refractivity contribution is 5.68. The summed E-state index contributed by atoms with van der Waals surface area (Å²) in [4.78, 5) is 13.2. The van der Waals surface area contributed by atoms with Crippen LogP contribution in [0.1, 0.15) is 25.8 Å². The number of anilines is 1. The van der Waals surface area contributed by atoms with Crippen LogP contribution in [0.3, 0.4) is 0 Å². The first-order valence-electron chi connectivity index (χ1n) is 6.68. The summed E-state index contributed by atoms with van der Waals surface area (Å²) in [5.74, 6) is -0.749. The third-order valence-electron chi connectivity index (χ3n) is 3.72. The highest BCUT2D eigenvalue weighted by Gasteiger charge is 2.34. The van der Waals surface area contributed by atoms with Gasteiger partial charge in [-0.3, -0.25) is 4.79 Å². The zero-order valence-corrected chi connectivity index (χ0v) is 11.8. The van der Waals surface area contributed by atoms with E-state index in [1.54, 1.807) is 0 Å². The predicted octanol–water partition coefficient (Wildman–Crippen LogP) is 2.03. The fourth-order valence-electron chi connectivity index (χ4n) is 2.55. The molecule has 0 bridgehead atoms. The Kier molecular flexibility index (Phi) is 3.80. The average molecular weight is 262 g/mol. The lowest BCUT2D eigenvalue weighted by molar-refractivity contribution is -0.137. The van der Waals surface area contributed by atoms with Gasteiger partial charge in [0.25, 0.3) is 0 Å². The van der Waals surface area contributed by atoms with Crippen LogP contribution in [0.5, 0.6) is 0 Å². The summed E-state index contributed by atoms with van der Waals surface area (Å²) in [5.41, 5.74) is 2.39. The van der Waals surface area contributed by atoms with Gasteiger partial charge in [-0.25, -0.2) is 0 Å². The molecule has 0 radical (unpaired) electrons. The quantitative estimate of drug-likeness (QED) is 0.875. The van der Waals surface area contributed by atoms with Crippen LogP contribution in [0.25, 0.3) is 0 Å². The van der Waals surface area contributed by atoms with E-state index >= 15 is 0 Å². The van der Waals surface area contributed by atoms with Crippen LogP contribution in [-0.4, -0.2) is 35.7 Å². The van der Waals surface area contributed by atoms with Gasteiger partial charge >= 0.3 is 5.97 Å². The van der Waals surface area contributed by atoms with E-state index < -0.39 is 5.97 Å². The number of hydrogen-bond donors (Lipinski definition) is 2. The average Bonchev–Trinajstić information content (AvgIpc) is 2.32. The summed E-state index contributed by atoms with van der Waals surface area (Å²) in [6.45, 7) is 7.94. The topological polar surface area (TPSA) is 52.6 Å². The maximum absolute atomic E-state index is 10.9. The Balaban J connectivity index is 2.19. The van der Waals surface area contributed by atoms with Crippen molar-refractivity contribution in [2.45, 2.75) is 38.8 Å². The summed E-state index contributed by atoms with van der Waals surface area (Å²) in [7, 11) is 0. The molecule has 0 amide bonds. The van der Waals surface area contributed by atoms with Gasteiger partial charge in [-0.1, -0.05) is 17.7 Å². The van der Waals surface area contributed by atoms with Crippen molar-refractivity contribution in [3.63, 3.8) is 0 Å². The van der Waals surface area contributed by atoms with Crippen LogP contribution in [0.15, 0.2) is 24.3 Å². The zero-order chi connectivity index (χ0) is 14.0. The Hall–Kier alpha value is -1.55. The fraction of sp³-hybridized carbons (Fsp3) is 0.533. The van der Waals surface area contributed by atoms with Crippen LogP contribution in [0.4, 0.5) is 5.69 Å². The number of carbonyl (C=O) groups is 1. The van der Waals surface area contributed by atoms with Crippen LogP contribution in [-0.2, 0) is 4.79 Å². The molecule has 2 rings (SSSR count). The molecule has 0 saturated carbocycles. The number of carboxylic acids is 1. The first kappa shape index (κ1) is 13.9. The van der Waals surface area contributed by atoms with E-state index in [4.69, 9.17) is 5.11 Å². The van der Waals surface area contributed by atoms with E-state index in [0.29, 0.717) is 0 Å². The molecule has 0 aromatic heterocycles. The molecule has 1 aromatic rings. The van der Waals surface area contributed by atoms with Gasteiger partial charge in [0.2, 0.25) is 0 Å². The van der Waals surface area contributed by atoms with Gasteiger partial charge in [0, 0.05) is 30.4 Å². The van der Waals surface area contributed by atoms with E-state index in [0.717, 1.165) is 18.8 Å². The van der Waals surface area contributed by atoms with Crippen molar-refractivity contribution in [1.29, 1.82) is 0 Å². The number of piperazine rings is 1. The normalized spacial score (nSPS) is 22.3. The molecule has 19 heavy (non-hydrogen) atoms. The highest BCUT2D eigenvalue weighted by Crippen LogP contribution is 2.27. The van der Waals surface area contributed by atoms with Gasteiger partial charge < -0.3 is 15.3 Å². The Morgan fingerprint density at radius 3 is 2.63 bits per heavy atom. The largest absolute Gasteiger partial charge is 0.481 e. The van der Waals surface area contributed by atoms with Crippen LogP contribution >= 0.6 is 0 Å². The third-order valence-corrected chi connectivity index (χ3v) is 3.72. The molecule has 1 aliphatic rings. The van der Waals surface area contributed by atoms with Crippen molar-refractivity contribution >= 4 is 11.7 Å². The molecule has 1 aromatic carbocycles. The van der Waals surface area contributed by atoms with E-state index in [1.165, 1.54) is 5.56 Å². The van der Waals surface area contributed by atoms with Crippen molar-refractivity contribution in [2.75, 3.05) is 18.0 Å². The Labute approximate surface area is 114 Å². The second-order valence-corrected chi connectivity index (χ2v) is 5.93. The van der Waals surface area contributed by atoms with E-state index in [1.807, 2.05) is 0 Å². The molecule has 104 valence electrons. The lowest BCUT2D eigenvalue weighted by atomic mass is 9.95. The molecular formula is C15H22N2O2. The number of nitrogens with one attached hydrogen (secondary N) is 1. The number of carboxylic acid groups (broad SMARTS) is 1. The zero-order valence-electron chi connectivity index (χ0n) is 11.8. The fourth-order valence-corrected chi connectivity index (χ4v) is 2.55. The number of hydrogen-bond acceptors (Lipinski definition) is 3. The lowest BCUT2D eigenvalue weighted by Crippen LogP contribution is -2.62. The Bertz CT molecular complexity index is 454. The SMILES string of the molecule is Cc1ccc(N2CC(CC(=O)O)NCC2(C)C)cc1. The Morgan fingerprint density at radius 2 is 2.05 bits per heavy atom. The molecule has 4 heteroatoms. The number of nitrogens with zero attached hydrogens (tertiary/aromatic N) is 1. The second kappa shape index (κ2) is 5.21. The van der Waals surface area contributed by atoms with Gasteiger partial charge in [0.05, 0.1) is 6.42 Å². The van der Waals surface area contributed by atoms with Crippen molar-refractivity contribution in [3.05, 3.63) is 29.8 Å². The van der Waals surface area contributed by atoms with Gasteiger partial charge in [-0.05, 0) is 32.9 Å². The minimum Gasteiger partial charge on any atom is -0.481 e. The summed E-state index contributed by atoms with van der Waals surface area (Å²) in [6, 6.07) is 8.42. The van der Waals surface area contributed by atoms with Gasteiger partial charge in [-0.15, -0.1) is 0 Å². The number of rotatable bonds is 3. The molecular weight excluding hydrogens is 240 g/mol. The summed E-state index contributed by atoms with van der Waals surface area (Å²) < 4.78 is 0. The standard InChI is InChI=1S/C15H22N2O2/c1-11-4-6-13(7-5-11)17-9-12(8-14(18)19)16-10-15(17,2)3/h4-7,12,16H,8-10H2,1-3H3,(H,18,19). The van der Waals surface area contributed by atoms with E-state index in [9.17, 15) is 4.79 Å². The number of benzene rings is 1. The summed E-state index contributed by atoms with van der Waals surface area (Å²) in [6.07, 6.45) is 0.165. The summed E-state index contributed by atoms with van der Waals surface area (Å²) >= 11 is 0. The maximum atomic E-state index is 10.9. The smallest absolute Gasteiger partial charge is 0.304 e. The predicted molar refractivity (Wildman–Crippen MR) is 76.6 cm³/mol. The van der Waals surface area contributed by atoms with Gasteiger partial charge in [0.15, 0.2) is 0 Å². The molecule has 0 aliphatic carbocycles. The third kappa shape index (κ3) is 3.26. The molecule has 1 saturated heterocycles. The first-order chi connectivity index (χ1) is 8.88. The van der Waals surface area contributed by atoms with E-state index in [-0.39, 0.29) is 18.0 Å². The maximum Gasteiger partial charge on any atom is 0.304 e. The van der Waals surface area contributed by atoms with Crippen molar-refractivity contribution < 1.29 is 9.90 Å². The van der Waals surface area contributed by atoms with Crippen molar-refractivity contribution in [2.24, 2.45) is 0 Å². The number of aryl methyl sites for hydroxylation is 1. The van der Waals surface area contributed by atoms with Crippen LogP contribution in [0, 0.1) is 6.92 Å². The minimum absolute atomic E-state index is 0.00632. The monoisotopic (exact) mass is 262 g/mol. The van der Waals surface area contributed by atoms with Crippen molar-refractivity contribution in [1.82, 2.24) is 5.32 Å². The van der Waals surface area contributed by atoms with Crippen molar-refractivity contribution in [3.8, 4) is 0 Å². The highest BCUT2D eigenvalue weighted by atomic mass is 16.4. The minimum atomic E-state index is -0.749. The molecule has 0 spiro atoms. The molecule has 4 nitrogen and oxygen atoms in total. The number of aliphatic carboxylic acids is 1. The Morgan fingerprint density at radius 1 is 1.42 bits per heavy atom. The molecule has 1 atom stereocenters. The van der Waals surface area contributed by atoms with Crippen LogP contribution in [0.2, 0.25) is 0 Å². The van der Waals surface area contributed by atoms with E-state index in [2.05, 4.69) is 55.3 Å². The lowest BCUT2D eigenvalue weighted by Gasteiger charge is -2.47. The molecule has 1 aliphatic heterocycles. The first-order valence-corrected chi connectivity index (χ1v) is 6.68. The molecule has 1 unspecified atom stereocenters. The molecule has 1 heterocycles. The molecule has 1 fully saturated rings. The van der Waals surface area contributed by atoms with Gasteiger partial charge in [0.1, 0.15) is 0 Å². The summed E-state index contributed by atoms with van der Waals surface area (Å²) in [5, 5.41) is 12.3.